The van der Waals surface area contributed by atoms with Gasteiger partial charge in [-0.3, -0.25) is 0 Å². The molecule has 0 aliphatic carbocycles. The fourth-order valence-corrected chi connectivity index (χ4v) is 2.44. The number of allylic oxidation sites excluding steroid dienone is 2. The third kappa shape index (κ3) is 3.94. The van der Waals surface area contributed by atoms with Crippen molar-refractivity contribution in [3.8, 4) is 0 Å². The van der Waals surface area contributed by atoms with Crippen molar-refractivity contribution in [1.29, 1.82) is 0 Å². The van der Waals surface area contributed by atoms with Gasteiger partial charge in [0.2, 0.25) is 0 Å². The van der Waals surface area contributed by atoms with Crippen LogP contribution < -0.4 is 0 Å². The quantitative estimate of drug-likeness (QED) is 0.527. The van der Waals surface area contributed by atoms with Crippen LogP contribution in [0.4, 0.5) is 0 Å². The summed E-state index contributed by atoms with van der Waals surface area (Å²) < 4.78 is 0. The maximum Gasteiger partial charge on any atom is 0.0122 e. The molecule has 0 bridgehead atoms. The average Bonchev–Trinajstić information content (AvgIpc) is 2.45. The van der Waals surface area contributed by atoms with Gasteiger partial charge >= 0.3 is 0 Å². The van der Waals surface area contributed by atoms with Gasteiger partial charge in [-0.2, -0.15) is 0 Å². The predicted molar refractivity (Wildman–Crippen MR) is 80.7 cm³/mol. The molecule has 0 saturated carbocycles. The van der Waals surface area contributed by atoms with Crippen molar-refractivity contribution < 1.29 is 0 Å². The molecule has 0 N–H and O–H groups in total. The lowest BCUT2D eigenvalue weighted by Crippen LogP contribution is -1.81. The summed E-state index contributed by atoms with van der Waals surface area (Å²) in [6, 6.07) is 20.8. The number of thioether (sulfide) groups is 1. The molecule has 2 aromatic rings. The lowest BCUT2D eigenvalue weighted by Gasteiger charge is -2.02. The van der Waals surface area contributed by atoms with Crippen LogP contribution in [-0.4, -0.2) is 0 Å². The molecule has 18 heavy (non-hydrogen) atoms. The maximum absolute atomic E-state index is 3.88. The summed E-state index contributed by atoms with van der Waals surface area (Å²) in [6.45, 7) is 3.88. The van der Waals surface area contributed by atoms with E-state index in [0.717, 1.165) is 6.42 Å². The summed E-state index contributed by atoms with van der Waals surface area (Å²) in [6.07, 6.45) is 5.09. The van der Waals surface area contributed by atoms with Crippen molar-refractivity contribution in [2.45, 2.75) is 11.3 Å². The van der Waals surface area contributed by atoms with Gasteiger partial charge < -0.3 is 0 Å². The van der Waals surface area contributed by atoms with E-state index in [0.29, 0.717) is 0 Å². The van der Waals surface area contributed by atoms with E-state index >= 15 is 0 Å². The Balaban J connectivity index is 2.03. The van der Waals surface area contributed by atoms with Gasteiger partial charge in [0.15, 0.2) is 0 Å². The molecule has 0 aliphatic rings. The molecule has 0 atom stereocenters. The largest absolute Gasteiger partial charge is 0.0980 e. The highest BCUT2D eigenvalue weighted by Gasteiger charge is 1.96. The molecule has 0 heterocycles. The van der Waals surface area contributed by atoms with Crippen molar-refractivity contribution in [2.24, 2.45) is 0 Å². The van der Waals surface area contributed by atoms with Gasteiger partial charge in [0.1, 0.15) is 0 Å². The second-order valence-electron chi connectivity index (χ2n) is 3.92. The molecule has 1 heteroatoms. The van der Waals surface area contributed by atoms with E-state index in [-0.39, 0.29) is 0 Å². The molecule has 0 spiro atoms. The first-order valence-corrected chi connectivity index (χ1v) is 6.79. The zero-order chi connectivity index (χ0) is 12.6. The maximum atomic E-state index is 3.88. The number of hydrogen-bond donors (Lipinski definition) is 0. The molecular weight excluding hydrogens is 236 g/mol. The molecule has 0 aliphatic heterocycles. The highest BCUT2D eigenvalue weighted by molar-refractivity contribution is 8.03. The van der Waals surface area contributed by atoms with Crippen molar-refractivity contribution in [1.82, 2.24) is 0 Å². The molecule has 2 aromatic carbocycles. The SMILES string of the molecule is C=C/C(=C\Cc1ccccc1)Sc1ccccc1. The van der Waals surface area contributed by atoms with E-state index in [9.17, 15) is 0 Å². The normalized spacial score (nSPS) is 11.2. The van der Waals surface area contributed by atoms with E-state index in [1.165, 1.54) is 15.4 Å². The van der Waals surface area contributed by atoms with Crippen molar-refractivity contribution in [3.05, 3.63) is 89.9 Å². The fourth-order valence-electron chi connectivity index (χ4n) is 1.62. The summed E-state index contributed by atoms with van der Waals surface area (Å²) in [7, 11) is 0. The topological polar surface area (TPSA) is 0 Å². The molecule has 0 radical (unpaired) electrons. The Kier molecular flexibility index (Phi) is 4.86. The Hall–Kier alpha value is -1.73. The van der Waals surface area contributed by atoms with Crippen LogP contribution >= 0.6 is 11.8 Å². The molecular formula is C17H16S. The van der Waals surface area contributed by atoms with Gasteiger partial charge in [0, 0.05) is 9.80 Å². The molecule has 0 fully saturated rings. The minimum absolute atomic E-state index is 0.946. The van der Waals surface area contributed by atoms with Gasteiger partial charge in [-0.05, 0) is 24.1 Å². The minimum Gasteiger partial charge on any atom is -0.0980 e. The monoisotopic (exact) mass is 252 g/mol. The Labute approximate surface area is 113 Å². The first kappa shape index (κ1) is 12.7. The predicted octanol–water partition coefficient (Wildman–Crippen LogP) is 5.09. The number of benzene rings is 2. The first-order valence-electron chi connectivity index (χ1n) is 5.98. The third-order valence-corrected chi connectivity index (χ3v) is 3.64. The Morgan fingerprint density at radius 2 is 1.56 bits per heavy atom. The second-order valence-corrected chi connectivity index (χ2v) is 5.06. The van der Waals surface area contributed by atoms with Gasteiger partial charge in [-0.15, -0.1) is 0 Å². The summed E-state index contributed by atoms with van der Waals surface area (Å²) in [4.78, 5) is 2.45. The molecule has 0 nitrogen and oxygen atoms in total. The first-order chi connectivity index (χ1) is 8.88. The van der Waals surface area contributed by atoms with Crippen LogP contribution in [0, 0.1) is 0 Å². The van der Waals surface area contributed by atoms with Crippen LogP contribution in [0.1, 0.15) is 5.56 Å². The van der Waals surface area contributed by atoms with Gasteiger partial charge in [-0.25, -0.2) is 0 Å². The summed E-state index contributed by atoms with van der Waals surface area (Å²) in [5.41, 5.74) is 1.32. The smallest absolute Gasteiger partial charge is 0.0122 e. The Morgan fingerprint density at radius 1 is 0.944 bits per heavy atom. The lowest BCUT2D eigenvalue weighted by atomic mass is 10.1. The fraction of sp³-hybridized carbons (Fsp3) is 0.0588. The van der Waals surface area contributed by atoms with Gasteiger partial charge in [-0.1, -0.05) is 79.0 Å². The van der Waals surface area contributed by atoms with Crippen molar-refractivity contribution in [2.75, 3.05) is 0 Å². The van der Waals surface area contributed by atoms with Crippen LogP contribution in [0.3, 0.4) is 0 Å². The minimum atomic E-state index is 0.946. The molecule has 0 saturated heterocycles. The highest BCUT2D eigenvalue weighted by atomic mass is 32.2. The van der Waals surface area contributed by atoms with E-state index < -0.39 is 0 Å². The van der Waals surface area contributed by atoms with Crippen molar-refractivity contribution >= 4 is 11.8 Å². The zero-order valence-electron chi connectivity index (χ0n) is 10.3. The van der Waals surface area contributed by atoms with E-state index in [2.05, 4.69) is 61.2 Å². The van der Waals surface area contributed by atoms with Crippen LogP contribution in [0.15, 0.2) is 89.2 Å². The van der Waals surface area contributed by atoms with Crippen LogP contribution in [0.25, 0.3) is 0 Å². The van der Waals surface area contributed by atoms with Crippen LogP contribution in [0.2, 0.25) is 0 Å². The number of hydrogen-bond acceptors (Lipinski definition) is 1. The number of rotatable bonds is 5. The lowest BCUT2D eigenvalue weighted by molar-refractivity contribution is 1.27. The van der Waals surface area contributed by atoms with Crippen LogP contribution in [0.5, 0.6) is 0 Å². The molecule has 0 unspecified atom stereocenters. The van der Waals surface area contributed by atoms with E-state index in [1.54, 1.807) is 11.8 Å². The highest BCUT2D eigenvalue weighted by Crippen LogP contribution is 2.27. The van der Waals surface area contributed by atoms with Crippen molar-refractivity contribution in [3.63, 3.8) is 0 Å². The molecule has 0 amide bonds. The average molecular weight is 252 g/mol. The van der Waals surface area contributed by atoms with Gasteiger partial charge in [0.25, 0.3) is 0 Å². The molecule has 0 aromatic heterocycles. The van der Waals surface area contributed by atoms with E-state index in [1.807, 2.05) is 18.2 Å². The standard InChI is InChI=1S/C17H16S/c1-2-16(18-17-11-7-4-8-12-17)14-13-15-9-5-3-6-10-15/h2-12,14H,1,13H2/b16-14+. The molecule has 2 rings (SSSR count). The summed E-state index contributed by atoms with van der Waals surface area (Å²) in [5.74, 6) is 0. The Morgan fingerprint density at radius 3 is 2.17 bits per heavy atom. The van der Waals surface area contributed by atoms with E-state index in [4.69, 9.17) is 0 Å². The zero-order valence-corrected chi connectivity index (χ0v) is 11.1. The van der Waals surface area contributed by atoms with Gasteiger partial charge in [0.05, 0.1) is 0 Å². The third-order valence-electron chi connectivity index (χ3n) is 2.56. The summed E-state index contributed by atoms with van der Waals surface area (Å²) in [5, 5.41) is 0. The Bertz CT molecular complexity index is 512. The second kappa shape index (κ2) is 6.87. The molecule has 90 valence electrons. The van der Waals surface area contributed by atoms with Crippen LogP contribution in [-0.2, 0) is 6.42 Å². The summed E-state index contributed by atoms with van der Waals surface area (Å²) >= 11 is 1.75.